The minimum Gasteiger partial charge on any atom is -0.398 e. The van der Waals surface area contributed by atoms with Gasteiger partial charge in [0, 0.05) is 37.7 Å². The molecule has 0 saturated carbocycles. The summed E-state index contributed by atoms with van der Waals surface area (Å²) in [6.07, 6.45) is 3.82. The summed E-state index contributed by atoms with van der Waals surface area (Å²) < 4.78 is 15.1. The lowest BCUT2D eigenvalue weighted by molar-refractivity contribution is 0.209. The lowest BCUT2D eigenvalue weighted by Gasteiger charge is -2.27. The Bertz CT molecular complexity index is 564. The largest absolute Gasteiger partial charge is 0.398 e. The van der Waals surface area contributed by atoms with Gasteiger partial charge in [-0.1, -0.05) is 6.07 Å². The van der Waals surface area contributed by atoms with Gasteiger partial charge in [-0.2, -0.15) is 0 Å². The van der Waals surface area contributed by atoms with E-state index in [0.29, 0.717) is 5.69 Å². The molecule has 3 rings (SSSR count). The van der Waals surface area contributed by atoms with Gasteiger partial charge < -0.3 is 10.3 Å². The van der Waals surface area contributed by atoms with E-state index in [0.717, 1.165) is 37.6 Å². The average Bonchev–Trinajstić information content (AvgIpc) is 2.80. The molecule has 0 aliphatic carbocycles. The van der Waals surface area contributed by atoms with Crippen LogP contribution in [-0.2, 0) is 19.6 Å². The van der Waals surface area contributed by atoms with Gasteiger partial charge in [-0.25, -0.2) is 9.37 Å². The second-order valence-electron chi connectivity index (χ2n) is 4.59. The first-order valence-corrected chi connectivity index (χ1v) is 5.98. The van der Waals surface area contributed by atoms with Crippen LogP contribution >= 0.6 is 0 Å². The van der Waals surface area contributed by atoms with E-state index in [4.69, 9.17) is 5.73 Å². The first-order valence-electron chi connectivity index (χ1n) is 5.98. The van der Waals surface area contributed by atoms with E-state index in [1.54, 1.807) is 6.07 Å². The molecule has 0 atom stereocenters. The predicted octanol–water partition coefficient (Wildman–Crippen LogP) is 1.62. The van der Waals surface area contributed by atoms with E-state index < -0.39 is 0 Å². The Hall–Kier alpha value is -1.88. The average molecular weight is 246 g/mol. The molecule has 2 aromatic rings. The zero-order valence-corrected chi connectivity index (χ0v) is 10.0. The van der Waals surface area contributed by atoms with Crippen molar-refractivity contribution < 1.29 is 4.39 Å². The molecule has 94 valence electrons. The normalized spacial score (nSPS) is 15.6. The summed E-state index contributed by atoms with van der Waals surface area (Å²) in [5, 5.41) is 0. The summed E-state index contributed by atoms with van der Waals surface area (Å²) in [5.41, 5.74) is 7.31. The zero-order valence-electron chi connectivity index (χ0n) is 10.0. The number of nitrogen functional groups attached to an aromatic ring is 1. The van der Waals surface area contributed by atoms with Crippen molar-refractivity contribution in [1.29, 1.82) is 0 Å². The van der Waals surface area contributed by atoms with Gasteiger partial charge in [-0.15, -0.1) is 0 Å². The van der Waals surface area contributed by atoms with Gasteiger partial charge in [-0.3, -0.25) is 4.90 Å². The van der Waals surface area contributed by atoms with Crippen LogP contribution in [0.3, 0.4) is 0 Å². The third-order valence-corrected chi connectivity index (χ3v) is 3.33. The lowest BCUT2D eigenvalue weighted by Crippen LogP contribution is -2.33. The standard InChI is InChI=1S/C13H15FN4/c14-11-2-1-10(12(15)7-11)8-17-5-6-18-4-3-16-13(18)9-17/h1-4,7H,5-6,8-9,15H2. The maximum Gasteiger partial charge on any atom is 0.125 e. The molecule has 0 fully saturated rings. The minimum atomic E-state index is -0.287. The second kappa shape index (κ2) is 4.42. The summed E-state index contributed by atoms with van der Waals surface area (Å²) in [7, 11) is 0. The maximum absolute atomic E-state index is 13.0. The third-order valence-electron chi connectivity index (χ3n) is 3.33. The van der Waals surface area contributed by atoms with Crippen LogP contribution in [0, 0.1) is 5.82 Å². The highest BCUT2D eigenvalue weighted by Gasteiger charge is 2.17. The number of nitrogens with two attached hydrogens (primary N) is 1. The molecule has 5 heteroatoms. The van der Waals surface area contributed by atoms with Crippen LogP contribution in [0.1, 0.15) is 11.4 Å². The molecule has 18 heavy (non-hydrogen) atoms. The fourth-order valence-electron chi connectivity index (χ4n) is 2.31. The fourth-order valence-corrected chi connectivity index (χ4v) is 2.31. The number of hydrogen-bond donors (Lipinski definition) is 1. The lowest BCUT2D eigenvalue weighted by atomic mass is 10.1. The molecule has 0 bridgehead atoms. The van der Waals surface area contributed by atoms with Gasteiger partial charge >= 0.3 is 0 Å². The molecule has 2 heterocycles. The van der Waals surface area contributed by atoms with E-state index in [2.05, 4.69) is 14.5 Å². The van der Waals surface area contributed by atoms with Gasteiger partial charge in [-0.05, 0) is 17.7 Å². The number of rotatable bonds is 2. The van der Waals surface area contributed by atoms with E-state index in [-0.39, 0.29) is 5.82 Å². The molecule has 0 amide bonds. The Morgan fingerprint density at radius 3 is 3.06 bits per heavy atom. The van der Waals surface area contributed by atoms with Crippen molar-refractivity contribution in [3.05, 3.63) is 47.8 Å². The number of benzene rings is 1. The topological polar surface area (TPSA) is 47.1 Å². The summed E-state index contributed by atoms with van der Waals surface area (Å²) >= 11 is 0. The number of imidazole rings is 1. The molecule has 0 radical (unpaired) electrons. The maximum atomic E-state index is 13.0. The summed E-state index contributed by atoms with van der Waals surface area (Å²) in [6, 6.07) is 4.59. The van der Waals surface area contributed by atoms with Crippen molar-refractivity contribution in [1.82, 2.24) is 14.5 Å². The molecular formula is C13H15FN4. The Morgan fingerprint density at radius 2 is 2.22 bits per heavy atom. The molecule has 2 N–H and O–H groups in total. The van der Waals surface area contributed by atoms with Crippen LogP contribution in [-0.4, -0.2) is 21.0 Å². The molecule has 0 saturated heterocycles. The quantitative estimate of drug-likeness (QED) is 0.819. The number of halogens is 1. The van der Waals surface area contributed by atoms with Gasteiger partial charge in [0.25, 0.3) is 0 Å². The Morgan fingerprint density at radius 1 is 1.33 bits per heavy atom. The summed E-state index contributed by atoms with van der Waals surface area (Å²) in [6.45, 7) is 3.44. The van der Waals surface area contributed by atoms with E-state index in [1.165, 1.54) is 12.1 Å². The molecule has 1 aliphatic heterocycles. The van der Waals surface area contributed by atoms with Crippen molar-refractivity contribution in [2.75, 3.05) is 12.3 Å². The Balaban J connectivity index is 1.74. The summed E-state index contributed by atoms with van der Waals surface area (Å²) in [5.74, 6) is 0.785. The van der Waals surface area contributed by atoms with Gasteiger partial charge in [0.15, 0.2) is 0 Å². The molecule has 0 unspecified atom stereocenters. The molecule has 1 aromatic carbocycles. The van der Waals surface area contributed by atoms with Gasteiger partial charge in [0.1, 0.15) is 11.6 Å². The number of anilines is 1. The van der Waals surface area contributed by atoms with Crippen molar-refractivity contribution in [2.24, 2.45) is 0 Å². The summed E-state index contributed by atoms with van der Waals surface area (Å²) in [4.78, 5) is 6.58. The van der Waals surface area contributed by atoms with E-state index in [1.807, 2.05) is 12.4 Å². The Kier molecular flexibility index (Phi) is 2.76. The number of nitrogens with zero attached hydrogens (tertiary/aromatic N) is 3. The molecule has 4 nitrogen and oxygen atoms in total. The van der Waals surface area contributed by atoms with Crippen LogP contribution in [0.5, 0.6) is 0 Å². The highest BCUT2D eigenvalue weighted by Crippen LogP contribution is 2.18. The highest BCUT2D eigenvalue weighted by molar-refractivity contribution is 5.46. The number of aromatic nitrogens is 2. The second-order valence-corrected chi connectivity index (χ2v) is 4.59. The van der Waals surface area contributed by atoms with E-state index >= 15 is 0 Å². The molecule has 1 aromatic heterocycles. The minimum absolute atomic E-state index is 0.287. The van der Waals surface area contributed by atoms with Crippen LogP contribution in [0.15, 0.2) is 30.6 Å². The van der Waals surface area contributed by atoms with Crippen LogP contribution < -0.4 is 5.73 Å². The van der Waals surface area contributed by atoms with Crippen LogP contribution in [0.4, 0.5) is 10.1 Å². The SMILES string of the molecule is Nc1cc(F)ccc1CN1CCn2ccnc2C1. The third kappa shape index (κ3) is 2.09. The van der Waals surface area contributed by atoms with Gasteiger partial charge in [0.05, 0.1) is 6.54 Å². The van der Waals surface area contributed by atoms with E-state index in [9.17, 15) is 4.39 Å². The first-order chi connectivity index (χ1) is 8.72. The van der Waals surface area contributed by atoms with Gasteiger partial charge in [0.2, 0.25) is 0 Å². The van der Waals surface area contributed by atoms with Crippen molar-refractivity contribution in [2.45, 2.75) is 19.6 Å². The monoisotopic (exact) mass is 246 g/mol. The molecule has 1 aliphatic rings. The van der Waals surface area contributed by atoms with Crippen LogP contribution in [0.2, 0.25) is 0 Å². The fraction of sp³-hybridized carbons (Fsp3) is 0.308. The van der Waals surface area contributed by atoms with Crippen molar-refractivity contribution in [3.8, 4) is 0 Å². The smallest absolute Gasteiger partial charge is 0.125 e. The highest BCUT2D eigenvalue weighted by atomic mass is 19.1. The van der Waals surface area contributed by atoms with Crippen LogP contribution in [0.25, 0.3) is 0 Å². The molecular weight excluding hydrogens is 231 g/mol. The number of hydrogen-bond acceptors (Lipinski definition) is 3. The first kappa shape index (κ1) is 11.2. The Labute approximate surface area is 105 Å². The number of fused-ring (bicyclic) bond motifs is 1. The van der Waals surface area contributed by atoms with Crippen molar-refractivity contribution in [3.63, 3.8) is 0 Å². The molecule has 0 spiro atoms. The van der Waals surface area contributed by atoms with Crippen molar-refractivity contribution >= 4 is 5.69 Å². The zero-order chi connectivity index (χ0) is 12.5. The predicted molar refractivity (Wildman–Crippen MR) is 67.2 cm³/mol.